The number of amides is 1. The molecule has 104 valence electrons. The molecule has 1 unspecified atom stereocenters. The van der Waals surface area contributed by atoms with Crippen LogP contribution in [-0.2, 0) is 15.0 Å². The summed E-state index contributed by atoms with van der Waals surface area (Å²) in [5.41, 5.74) is 0.963. The number of benzene rings is 1. The van der Waals surface area contributed by atoms with Gasteiger partial charge < -0.3 is 10.4 Å². The fourth-order valence-corrected chi connectivity index (χ4v) is 1.75. The predicted octanol–water partition coefficient (Wildman–Crippen LogP) is 2.19. The summed E-state index contributed by atoms with van der Waals surface area (Å²) in [4.78, 5) is 22.3. The van der Waals surface area contributed by atoms with Crippen LogP contribution in [0.4, 0.5) is 0 Å². The van der Waals surface area contributed by atoms with E-state index in [-0.39, 0.29) is 17.7 Å². The Morgan fingerprint density at radius 3 is 2.37 bits per heavy atom. The maximum atomic E-state index is 11.7. The number of nitrogens with one attached hydrogen (secondary N) is 1. The maximum Gasteiger partial charge on any atom is 0.306 e. The minimum absolute atomic E-state index is 0.0141. The van der Waals surface area contributed by atoms with Gasteiger partial charge in [-0.05, 0) is 5.56 Å². The monoisotopic (exact) mass is 263 g/mol. The quantitative estimate of drug-likeness (QED) is 0.826. The Balaban J connectivity index is 2.52. The summed E-state index contributed by atoms with van der Waals surface area (Å²) in [5.74, 6) is -1.82. The summed E-state index contributed by atoms with van der Waals surface area (Å²) < 4.78 is 0. The zero-order valence-electron chi connectivity index (χ0n) is 11.6. The minimum atomic E-state index is -0.947. The van der Waals surface area contributed by atoms with Gasteiger partial charge >= 0.3 is 5.97 Å². The molecule has 2 N–H and O–H groups in total. The van der Waals surface area contributed by atoms with Crippen LogP contribution in [0, 0.1) is 5.92 Å². The van der Waals surface area contributed by atoms with E-state index in [1.165, 1.54) is 6.92 Å². The molecule has 0 aliphatic rings. The Labute approximate surface area is 113 Å². The van der Waals surface area contributed by atoms with Crippen molar-refractivity contribution in [2.75, 3.05) is 6.54 Å². The van der Waals surface area contributed by atoms with Gasteiger partial charge in [0, 0.05) is 18.4 Å². The molecule has 1 aromatic rings. The Kier molecular flexibility index (Phi) is 5.10. The number of hydrogen-bond donors (Lipinski definition) is 2. The summed E-state index contributed by atoms with van der Waals surface area (Å²) in [6.45, 7) is 6.11. The zero-order chi connectivity index (χ0) is 14.5. The number of aliphatic carboxylic acids is 1. The molecule has 0 spiro atoms. The van der Waals surface area contributed by atoms with Crippen molar-refractivity contribution in [3.05, 3.63) is 35.9 Å². The molecular weight excluding hydrogens is 242 g/mol. The van der Waals surface area contributed by atoms with Gasteiger partial charge in [-0.3, -0.25) is 9.59 Å². The van der Waals surface area contributed by atoms with E-state index in [4.69, 9.17) is 5.11 Å². The van der Waals surface area contributed by atoms with Gasteiger partial charge in [-0.1, -0.05) is 51.1 Å². The van der Waals surface area contributed by atoms with E-state index in [0.717, 1.165) is 5.56 Å². The number of hydrogen-bond acceptors (Lipinski definition) is 2. The molecule has 19 heavy (non-hydrogen) atoms. The maximum absolute atomic E-state index is 11.7. The van der Waals surface area contributed by atoms with E-state index >= 15 is 0 Å². The van der Waals surface area contributed by atoms with Crippen LogP contribution in [0.25, 0.3) is 0 Å². The van der Waals surface area contributed by atoms with E-state index in [1.807, 2.05) is 44.2 Å². The second kappa shape index (κ2) is 6.36. The summed E-state index contributed by atoms with van der Waals surface area (Å²) in [6, 6.07) is 9.92. The van der Waals surface area contributed by atoms with Crippen LogP contribution in [0.3, 0.4) is 0 Å². The lowest BCUT2D eigenvalue weighted by Gasteiger charge is -2.25. The lowest BCUT2D eigenvalue weighted by Crippen LogP contribution is -2.37. The van der Waals surface area contributed by atoms with Gasteiger partial charge in [0.25, 0.3) is 0 Å². The van der Waals surface area contributed by atoms with Crippen molar-refractivity contribution >= 4 is 11.9 Å². The Hall–Kier alpha value is -1.84. The molecule has 1 aromatic carbocycles. The van der Waals surface area contributed by atoms with Gasteiger partial charge in [0.1, 0.15) is 0 Å². The predicted molar refractivity (Wildman–Crippen MR) is 73.9 cm³/mol. The Bertz CT molecular complexity index is 440. The highest BCUT2D eigenvalue weighted by Crippen LogP contribution is 2.21. The Morgan fingerprint density at radius 2 is 1.84 bits per heavy atom. The second-order valence-electron chi connectivity index (χ2n) is 5.47. The first-order valence-electron chi connectivity index (χ1n) is 6.38. The highest BCUT2D eigenvalue weighted by molar-refractivity contribution is 5.82. The molecular formula is C15H21NO3. The summed E-state index contributed by atoms with van der Waals surface area (Å²) in [7, 11) is 0. The van der Waals surface area contributed by atoms with Crippen molar-refractivity contribution in [1.82, 2.24) is 5.32 Å². The van der Waals surface area contributed by atoms with Crippen molar-refractivity contribution in [3.8, 4) is 0 Å². The molecule has 1 atom stereocenters. The van der Waals surface area contributed by atoms with Gasteiger partial charge in [0.15, 0.2) is 0 Å². The van der Waals surface area contributed by atoms with Crippen LogP contribution >= 0.6 is 0 Å². The third-order valence-corrected chi connectivity index (χ3v) is 3.20. The van der Waals surface area contributed by atoms with Crippen molar-refractivity contribution in [2.24, 2.45) is 5.92 Å². The van der Waals surface area contributed by atoms with Gasteiger partial charge in [0.05, 0.1) is 5.92 Å². The topological polar surface area (TPSA) is 66.4 Å². The van der Waals surface area contributed by atoms with Crippen LogP contribution in [0.2, 0.25) is 0 Å². The zero-order valence-corrected chi connectivity index (χ0v) is 11.6. The van der Waals surface area contributed by atoms with Gasteiger partial charge in [-0.15, -0.1) is 0 Å². The molecule has 0 radical (unpaired) electrons. The van der Waals surface area contributed by atoms with Crippen molar-refractivity contribution in [2.45, 2.75) is 32.6 Å². The first-order chi connectivity index (χ1) is 8.83. The number of carboxylic acids is 1. The van der Waals surface area contributed by atoms with E-state index < -0.39 is 11.9 Å². The van der Waals surface area contributed by atoms with Gasteiger partial charge in [-0.2, -0.15) is 0 Å². The standard InChI is InChI=1S/C15H21NO3/c1-11(14(18)19)9-13(17)16-10-15(2,3)12-7-5-4-6-8-12/h4-8,11H,9-10H2,1-3H3,(H,16,17)(H,18,19). The van der Waals surface area contributed by atoms with Gasteiger partial charge in [-0.25, -0.2) is 0 Å². The summed E-state index contributed by atoms with van der Waals surface area (Å²) in [5, 5.41) is 11.6. The molecule has 0 saturated heterocycles. The molecule has 1 amide bonds. The first kappa shape index (κ1) is 15.2. The third-order valence-electron chi connectivity index (χ3n) is 3.20. The normalized spacial score (nSPS) is 12.8. The molecule has 0 bridgehead atoms. The largest absolute Gasteiger partial charge is 0.481 e. The molecule has 0 fully saturated rings. The smallest absolute Gasteiger partial charge is 0.306 e. The SMILES string of the molecule is CC(CC(=O)NCC(C)(C)c1ccccc1)C(=O)O. The molecule has 0 aliphatic carbocycles. The third kappa shape index (κ3) is 4.73. The molecule has 0 saturated carbocycles. The molecule has 0 aliphatic heterocycles. The fourth-order valence-electron chi connectivity index (χ4n) is 1.75. The van der Waals surface area contributed by atoms with E-state index in [1.54, 1.807) is 0 Å². The summed E-state index contributed by atoms with van der Waals surface area (Å²) in [6.07, 6.45) is 0.0141. The van der Waals surface area contributed by atoms with Crippen LogP contribution in [0.15, 0.2) is 30.3 Å². The van der Waals surface area contributed by atoms with Crippen LogP contribution in [0.5, 0.6) is 0 Å². The average Bonchev–Trinajstić information content (AvgIpc) is 2.37. The Morgan fingerprint density at radius 1 is 1.26 bits per heavy atom. The summed E-state index contributed by atoms with van der Waals surface area (Å²) >= 11 is 0. The van der Waals surface area contributed by atoms with Gasteiger partial charge in [0.2, 0.25) is 5.91 Å². The number of carboxylic acid groups (broad SMARTS) is 1. The molecule has 0 aromatic heterocycles. The number of carbonyl (C=O) groups is 2. The van der Waals surface area contributed by atoms with E-state index in [0.29, 0.717) is 6.54 Å². The molecule has 4 nitrogen and oxygen atoms in total. The van der Waals surface area contributed by atoms with Crippen LogP contribution in [-0.4, -0.2) is 23.5 Å². The number of carbonyl (C=O) groups excluding carboxylic acids is 1. The lowest BCUT2D eigenvalue weighted by atomic mass is 9.84. The lowest BCUT2D eigenvalue weighted by molar-refractivity contribution is -0.143. The van der Waals surface area contributed by atoms with Crippen molar-refractivity contribution in [1.29, 1.82) is 0 Å². The average molecular weight is 263 g/mol. The first-order valence-corrected chi connectivity index (χ1v) is 6.38. The number of rotatable bonds is 6. The minimum Gasteiger partial charge on any atom is -0.481 e. The second-order valence-corrected chi connectivity index (χ2v) is 5.47. The molecule has 0 heterocycles. The molecule has 1 rings (SSSR count). The molecule has 4 heteroatoms. The highest BCUT2D eigenvalue weighted by Gasteiger charge is 2.22. The van der Waals surface area contributed by atoms with Crippen LogP contribution < -0.4 is 5.32 Å². The highest BCUT2D eigenvalue weighted by atomic mass is 16.4. The van der Waals surface area contributed by atoms with Crippen molar-refractivity contribution < 1.29 is 14.7 Å². The van der Waals surface area contributed by atoms with E-state index in [2.05, 4.69) is 5.32 Å². The van der Waals surface area contributed by atoms with Crippen LogP contribution in [0.1, 0.15) is 32.8 Å². The van der Waals surface area contributed by atoms with Crippen molar-refractivity contribution in [3.63, 3.8) is 0 Å². The van der Waals surface area contributed by atoms with E-state index in [9.17, 15) is 9.59 Å². The fraction of sp³-hybridized carbons (Fsp3) is 0.467.